The van der Waals surface area contributed by atoms with Crippen LogP contribution in [0.2, 0.25) is 0 Å². The van der Waals surface area contributed by atoms with Crippen molar-refractivity contribution in [2.45, 2.75) is 50.9 Å². The van der Waals surface area contributed by atoms with Gasteiger partial charge in [0.25, 0.3) is 5.91 Å². The van der Waals surface area contributed by atoms with Gasteiger partial charge in [-0.05, 0) is 51.8 Å². The normalized spacial score (nSPS) is 21.9. The second-order valence-electron chi connectivity index (χ2n) is 9.69. The fraction of sp³-hybridized carbons (Fsp3) is 0.667. The van der Waals surface area contributed by atoms with Gasteiger partial charge < -0.3 is 14.7 Å². The number of nitrogens with zero attached hydrogens (tertiary/aromatic N) is 6. The maximum absolute atomic E-state index is 13.2. The molecule has 2 saturated heterocycles. The Balaban J connectivity index is 1.30. The molecule has 2 amide bonds. The Morgan fingerprint density at radius 1 is 0.875 bits per heavy atom. The molecule has 1 saturated carbocycles. The van der Waals surface area contributed by atoms with Gasteiger partial charge in [0.05, 0.1) is 0 Å². The molecule has 172 valence electrons. The van der Waals surface area contributed by atoms with Crippen LogP contribution in [0.1, 0.15) is 67.0 Å². The van der Waals surface area contributed by atoms with Crippen LogP contribution in [0, 0.1) is 5.92 Å². The zero-order valence-corrected chi connectivity index (χ0v) is 19.1. The maximum Gasteiger partial charge on any atom is 0.276 e. The topological polar surface area (TPSA) is 74.0 Å². The summed E-state index contributed by atoms with van der Waals surface area (Å²) >= 11 is 0. The van der Waals surface area contributed by atoms with Gasteiger partial charge in [-0.1, -0.05) is 12.8 Å². The van der Waals surface area contributed by atoms with Crippen LogP contribution in [0.25, 0.3) is 5.65 Å². The Morgan fingerprint density at radius 3 is 2.44 bits per heavy atom. The average molecular weight is 439 g/mol. The summed E-state index contributed by atoms with van der Waals surface area (Å²) in [6.07, 6.45) is 10.9. The lowest BCUT2D eigenvalue weighted by molar-refractivity contribution is -0.136. The number of hydrogen-bond acceptors (Lipinski definition) is 5. The molecule has 0 atom stereocenters. The first-order valence-electron chi connectivity index (χ1n) is 12.2. The van der Waals surface area contributed by atoms with Gasteiger partial charge in [0.2, 0.25) is 5.91 Å². The van der Waals surface area contributed by atoms with Crippen LogP contribution in [-0.4, -0.2) is 87.2 Å². The van der Waals surface area contributed by atoms with Gasteiger partial charge in [-0.25, -0.2) is 9.97 Å². The first kappa shape index (κ1) is 21.4. The summed E-state index contributed by atoms with van der Waals surface area (Å²) in [6, 6.07) is 2.04. The van der Waals surface area contributed by atoms with Crippen molar-refractivity contribution in [2.75, 3.05) is 46.3 Å². The molecule has 3 fully saturated rings. The summed E-state index contributed by atoms with van der Waals surface area (Å²) in [4.78, 5) is 41.3. The van der Waals surface area contributed by atoms with Crippen LogP contribution in [0.4, 0.5) is 0 Å². The number of rotatable bonds is 3. The molecule has 2 aliphatic heterocycles. The minimum atomic E-state index is -0.0237. The van der Waals surface area contributed by atoms with Crippen LogP contribution in [0.3, 0.4) is 0 Å². The number of hydrogen-bond donors (Lipinski definition) is 0. The van der Waals surface area contributed by atoms with Crippen LogP contribution in [0.15, 0.2) is 18.6 Å². The third-order valence-electron chi connectivity index (χ3n) is 7.60. The highest BCUT2D eigenvalue weighted by Gasteiger charge is 2.31. The highest BCUT2D eigenvalue weighted by molar-refractivity contribution is 5.98. The molecule has 0 bridgehead atoms. The number of carbonyl (C=O) groups excluding carboxylic acids is 2. The Morgan fingerprint density at radius 2 is 1.66 bits per heavy atom. The minimum Gasteiger partial charge on any atom is -0.342 e. The maximum atomic E-state index is 13.2. The van der Waals surface area contributed by atoms with Crippen LogP contribution in [0.5, 0.6) is 0 Å². The van der Waals surface area contributed by atoms with Gasteiger partial charge in [-0.2, -0.15) is 0 Å². The SMILES string of the molecule is CN1CCCN(C(=O)c2ncn3c(C4CCN(C(=O)C5CCCC5)CC4)ccnc23)CC1. The highest BCUT2D eigenvalue weighted by atomic mass is 16.2. The van der Waals surface area contributed by atoms with E-state index in [9.17, 15) is 9.59 Å². The molecular formula is C24H34N6O2. The molecule has 0 aromatic carbocycles. The largest absolute Gasteiger partial charge is 0.342 e. The third-order valence-corrected chi connectivity index (χ3v) is 7.60. The lowest BCUT2D eigenvalue weighted by atomic mass is 9.92. The van der Waals surface area contributed by atoms with Gasteiger partial charge in [0.15, 0.2) is 11.3 Å². The molecule has 3 aliphatic rings. The van der Waals surface area contributed by atoms with E-state index in [2.05, 4.69) is 26.8 Å². The van der Waals surface area contributed by atoms with E-state index < -0.39 is 0 Å². The standard InChI is InChI=1S/C24H34N6O2/c1-27-11-4-12-28(16-15-27)24(32)21-22-25-10-7-20(30(22)17-26-21)18-8-13-29(14-9-18)23(31)19-5-2-3-6-19/h7,10,17-19H,2-6,8-9,11-16H2,1H3. The molecule has 0 unspecified atom stereocenters. The van der Waals surface area contributed by atoms with E-state index in [1.807, 2.05) is 15.4 Å². The fourth-order valence-electron chi connectivity index (χ4n) is 5.63. The average Bonchev–Trinajstić information content (AvgIpc) is 3.46. The van der Waals surface area contributed by atoms with Crippen LogP contribution >= 0.6 is 0 Å². The van der Waals surface area contributed by atoms with Crippen molar-refractivity contribution < 1.29 is 9.59 Å². The molecule has 0 radical (unpaired) electrons. The monoisotopic (exact) mass is 438 g/mol. The van der Waals surface area contributed by atoms with E-state index >= 15 is 0 Å². The molecule has 32 heavy (non-hydrogen) atoms. The van der Waals surface area contributed by atoms with Crippen molar-refractivity contribution >= 4 is 17.5 Å². The molecule has 2 aromatic heterocycles. The van der Waals surface area contributed by atoms with Crippen molar-refractivity contribution in [2.24, 2.45) is 5.92 Å². The van der Waals surface area contributed by atoms with E-state index in [0.29, 0.717) is 23.2 Å². The number of piperidine rings is 1. The van der Waals surface area contributed by atoms with Gasteiger partial charge in [-0.3, -0.25) is 14.0 Å². The van der Waals surface area contributed by atoms with Crippen molar-refractivity contribution in [1.82, 2.24) is 29.1 Å². The van der Waals surface area contributed by atoms with E-state index in [1.165, 1.54) is 12.8 Å². The van der Waals surface area contributed by atoms with Crippen molar-refractivity contribution in [3.05, 3.63) is 30.0 Å². The van der Waals surface area contributed by atoms with E-state index in [0.717, 1.165) is 77.1 Å². The van der Waals surface area contributed by atoms with Gasteiger partial charge in [-0.15, -0.1) is 0 Å². The second-order valence-corrected chi connectivity index (χ2v) is 9.69. The van der Waals surface area contributed by atoms with E-state index in [4.69, 9.17) is 0 Å². The van der Waals surface area contributed by atoms with Crippen LogP contribution in [-0.2, 0) is 4.79 Å². The molecule has 2 aromatic rings. The van der Waals surface area contributed by atoms with Crippen LogP contribution < -0.4 is 0 Å². The zero-order valence-electron chi connectivity index (χ0n) is 19.1. The molecule has 8 nitrogen and oxygen atoms in total. The number of likely N-dealkylation sites (tertiary alicyclic amines) is 1. The van der Waals surface area contributed by atoms with Crippen molar-refractivity contribution in [1.29, 1.82) is 0 Å². The summed E-state index contributed by atoms with van der Waals surface area (Å²) in [5, 5.41) is 0. The molecule has 0 N–H and O–H groups in total. The fourth-order valence-corrected chi connectivity index (χ4v) is 5.63. The number of amides is 2. The van der Waals surface area contributed by atoms with Gasteiger partial charge in [0, 0.05) is 56.5 Å². The third kappa shape index (κ3) is 4.12. The Kier molecular flexibility index (Phi) is 6.13. The predicted octanol–water partition coefficient (Wildman–Crippen LogP) is 2.40. The molecule has 5 rings (SSSR count). The number of fused-ring (bicyclic) bond motifs is 1. The van der Waals surface area contributed by atoms with Gasteiger partial charge in [0.1, 0.15) is 6.33 Å². The lowest BCUT2D eigenvalue weighted by Gasteiger charge is -2.34. The zero-order chi connectivity index (χ0) is 22.1. The summed E-state index contributed by atoms with van der Waals surface area (Å²) in [5.74, 6) is 0.932. The molecule has 0 spiro atoms. The molecule has 1 aliphatic carbocycles. The lowest BCUT2D eigenvalue weighted by Crippen LogP contribution is -2.41. The highest BCUT2D eigenvalue weighted by Crippen LogP contribution is 2.32. The predicted molar refractivity (Wildman–Crippen MR) is 122 cm³/mol. The quantitative estimate of drug-likeness (QED) is 0.736. The number of carbonyl (C=O) groups is 2. The second kappa shape index (κ2) is 9.17. The molecule has 8 heteroatoms. The number of aromatic nitrogens is 3. The molecule has 4 heterocycles. The first-order chi connectivity index (χ1) is 15.6. The number of likely N-dealkylation sites (N-methyl/N-ethyl adjacent to an activating group) is 1. The van der Waals surface area contributed by atoms with Crippen molar-refractivity contribution in [3.63, 3.8) is 0 Å². The van der Waals surface area contributed by atoms with Crippen molar-refractivity contribution in [3.8, 4) is 0 Å². The minimum absolute atomic E-state index is 0.0237. The Bertz CT molecular complexity index is 974. The summed E-state index contributed by atoms with van der Waals surface area (Å²) < 4.78 is 2.00. The summed E-state index contributed by atoms with van der Waals surface area (Å²) in [5.41, 5.74) is 2.24. The first-order valence-corrected chi connectivity index (χ1v) is 12.2. The smallest absolute Gasteiger partial charge is 0.276 e. The Labute approximate surface area is 189 Å². The Hall–Kier alpha value is -2.48. The summed E-state index contributed by atoms with van der Waals surface area (Å²) in [6.45, 7) is 5.00. The molecular weight excluding hydrogens is 404 g/mol. The van der Waals surface area contributed by atoms with Gasteiger partial charge >= 0.3 is 0 Å². The summed E-state index contributed by atoms with van der Waals surface area (Å²) in [7, 11) is 2.10. The number of imidazole rings is 1. The van der Waals surface area contributed by atoms with E-state index in [-0.39, 0.29) is 11.8 Å². The van der Waals surface area contributed by atoms with E-state index in [1.54, 1.807) is 12.5 Å².